The first kappa shape index (κ1) is 9.96. The van der Waals surface area contributed by atoms with Crippen LogP contribution in [0.1, 0.15) is 25.7 Å². The van der Waals surface area contributed by atoms with Crippen LogP contribution >= 0.6 is 15.9 Å². The second-order valence-corrected chi connectivity index (χ2v) is 4.66. The minimum Gasteiger partial charge on any atom is -0.323 e. The van der Waals surface area contributed by atoms with Crippen molar-refractivity contribution in [2.45, 2.75) is 31.2 Å². The lowest BCUT2D eigenvalue weighted by Gasteiger charge is -2.19. The predicted octanol–water partition coefficient (Wildman–Crippen LogP) is 1.25. The maximum atomic E-state index is 12.0. The normalized spacial score (nSPS) is 24.8. The molecule has 2 rings (SSSR count). The van der Waals surface area contributed by atoms with Crippen molar-refractivity contribution in [1.82, 2.24) is 10.2 Å². The van der Waals surface area contributed by atoms with Crippen LogP contribution in [0.25, 0.3) is 0 Å². The van der Waals surface area contributed by atoms with E-state index in [1.165, 1.54) is 4.90 Å². The summed E-state index contributed by atoms with van der Waals surface area (Å²) in [6, 6.07) is -0.226. The van der Waals surface area contributed by atoms with Crippen LogP contribution in [-0.2, 0) is 4.79 Å². The summed E-state index contributed by atoms with van der Waals surface area (Å²) in [5, 5.41) is 3.47. The molecule has 1 aliphatic heterocycles. The Balaban J connectivity index is 2.18. The second-order valence-electron chi connectivity index (χ2n) is 3.87. The van der Waals surface area contributed by atoms with E-state index in [-0.39, 0.29) is 11.9 Å². The molecule has 1 heterocycles. The maximum absolute atomic E-state index is 12.0. The number of nitrogens with one attached hydrogen (secondary N) is 1. The van der Waals surface area contributed by atoms with Crippen LogP contribution in [0.15, 0.2) is 0 Å². The first-order valence-electron chi connectivity index (χ1n) is 4.90. The Morgan fingerprint density at radius 3 is 2.57 bits per heavy atom. The molecule has 2 fully saturated rings. The molecule has 0 bridgehead atoms. The molecule has 2 aliphatic rings. The highest BCUT2D eigenvalue weighted by atomic mass is 79.9. The zero-order valence-corrected chi connectivity index (χ0v) is 9.47. The summed E-state index contributed by atoms with van der Waals surface area (Å²) in [6.07, 6.45) is 3.68. The number of rotatable bonds is 2. The van der Waals surface area contributed by atoms with Gasteiger partial charge in [0.2, 0.25) is 0 Å². The van der Waals surface area contributed by atoms with Crippen molar-refractivity contribution in [1.29, 1.82) is 0 Å². The van der Waals surface area contributed by atoms with Gasteiger partial charge in [0.25, 0.3) is 5.91 Å². The summed E-state index contributed by atoms with van der Waals surface area (Å²) in [5.74, 6) is -0.0283. The van der Waals surface area contributed by atoms with Gasteiger partial charge < -0.3 is 5.32 Å². The van der Waals surface area contributed by atoms with Crippen LogP contribution in [0.3, 0.4) is 0 Å². The Morgan fingerprint density at radius 1 is 1.36 bits per heavy atom. The topological polar surface area (TPSA) is 49.4 Å². The monoisotopic (exact) mass is 260 g/mol. The number of nitrogens with zero attached hydrogens (tertiary/aromatic N) is 1. The first-order chi connectivity index (χ1) is 6.69. The highest BCUT2D eigenvalue weighted by molar-refractivity contribution is 9.09. The molecule has 78 valence electrons. The van der Waals surface area contributed by atoms with E-state index in [2.05, 4.69) is 21.2 Å². The lowest BCUT2D eigenvalue weighted by molar-refractivity contribution is -0.130. The molecule has 0 unspecified atom stereocenters. The Morgan fingerprint density at radius 2 is 2.00 bits per heavy atom. The minimum atomic E-state index is -0.542. The molecule has 5 heteroatoms. The molecule has 3 amide bonds. The van der Waals surface area contributed by atoms with E-state index < -0.39 is 5.54 Å². The zero-order chi connectivity index (χ0) is 10.2. The molecule has 0 aromatic heterocycles. The third-order valence-corrected chi connectivity index (χ3v) is 3.37. The number of amides is 3. The lowest BCUT2D eigenvalue weighted by atomic mass is 9.98. The van der Waals surface area contributed by atoms with Gasteiger partial charge in [-0.05, 0) is 12.8 Å². The third-order valence-electron chi connectivity index (χ3n) is 3.01. The molecule has 0 radical (unpaired) electrons. The number of imide groups is 1. The average molecular weight is 261 g/mol. The Hall–Kier alpha value is -0.580. The van der Waals surface area contributed by atoms with Crippen molar-refractivity contribution in [3.8, 4) is 0 Å². The van der Waals surface area contributed by atoms with Gasteiger partial charge in [-0.1, -0.05) is 28.8 Å². The van der Waals surface area contributed by atoms with Gasteiger partial charge in [0.05, 0.1) is 0 Å². The van der Waals surface area contributed by atoms with Crippen molar-refractivity contribution in [3.63, 3.8) is 0 Å². The number of urea groups is 1. The Kier molecular flexibility index (Phi) is 2.51. The minimum absolute atomic E-state index is 0.0283. The standard InChI is InChI=1S/C9H13BrN2O2/c10-5-6-12-7(13)9(11-8(12)14)3-1-2-4-9/h1-6H2,(H,11,14). The summed E-state index contributed by atoms with van der Waals surface area (Å²) in [4.78, 5) is 24.8. The molecule has 1 spiro atoms. The summed E-state index contributed by atoms with van der Waals surface area (Å²) >= 11 is 3.24. The molecule has 1 saturated heterocycles. The molecule has 14 heavy (non-hydrogen) atoms. The molecular formula is C9H13BrN2O2. The number of hydrogen-bond donors (Lipinski definition) is 1. The molecule has 4 nitrogen and oxygen atoms in total. The fourth-order valence-corrected chi connectivity index (χ4v) is 2.64. The van der Waals surface area contributed by atoms with E-state index in [9.17, 15) is 9.59 Å². The second kappa shape index (κ2) is 3.53. The van der Waals surface area contributed by atoms with E-state index in [4.69, 9.17) is 0 Å². The van der Waals surface area contributed by atoms with Crippen molar-refractivity contribution < 1.29 is 9.59 Å². The fraction of sp³-hybridized carbons (Fsp3) is 0.778. The molecule has 1 N–H and O–H groups in total. The smallest absolute Gasteiger partial charge is 0.323 e. The highest BCUT2D eigenvalue weighted by Crippen LogP contribution is 2.34. The van der Waals surface area contributed by atoms with Gasteiger partial charge in [-0.25, -0.2) is 4.79 Å². The molecule has 0 aromatic carbocycles. The van der Waals surface area contributed by atoms with E-state index >= 15 is 0 Å². The lowest BCUT2D eigenvalue weighted by Crippen LogP contribution is -2.44. The van der Waals surface area contributed by atoms with Crippen LogP contribution in [0.2, 0.25) is 0 Å². The Labute approximate surface area is 91.1 Å². The average Bonchev–Trinajstić information content (AvgIpc) is 2.69. The van der Waals surface area contributed by atoms with Crippen LogP contribution in [-0.4, -0.2) is 34.3 Å². The van der Waals surface area contributed by atoms with Crippen LogP contribution in [0.5, 0.6) is 0 Å². The van der Waals surface area contributed by atoms with Gasteiger partial charge in [0.15, 0.2) is 0 Å². The number of alkyl halides is 1. The quantitative estimate of drug-likeness (QED) is 0.600. The van der Waals surface area contributed by atoms with Gasteiger partial charge in [0, 0.05) is 11.9 Å². The van der Waals surface area contributed by atoms with E-state index in [1.807, 2.05) is 0 Å². The van der Waals surface area contributed by atoms with E-state index in [0.29, 0.717) is 11.9 Å². The van der Waals surface area contributed by atoms with Crippen LogP contribution in [0.4, 0.5) is 4.79 Å². The van der Waals surface area contributed by atoms with E-state index in [1.54, 1.807) is 0 Å². The van der Waals surface area contributed by atoms with Crippen LogP contribution < -0.4 is 5.32 Å². The number of halogens is 1. The third kappa shape index (κ3) is 1.34. The van der Waals surface area contributed by atoms with Gasteiger partial charge in [0.1, 0.15) is 5.54 Å². The van der Waals surface area contributed by atoms with Crippen molar-refractivity contribution in [2.75, 3.05) is 11.9 Å². The van der Waals surface area contributed by atoms with Crippen LogP contribution in [0, 0.1) is 0 Å². The molecular weight excluding hydrogens is 248 g/mol. The summed E-state index contributed by atoms with van der Waals surface area (Å²) in [7, 11) is 0. The SMILES string of the molecule is O=C1NC2(CCCC2)C(=O)N1CCBr. The van der Waals surface area contributed by atoms with Gasteiger partial charge >= 0.3 is 6.03 Å². The molecule has 1 aliphatic carbocycles. The largest absolute Gasteiger partial charge is 0.325 e. The molecule has 0 atom stereocenters. The van der Waals surface area contributed by atoms with E-state index in [0.717, 1.165) is 25.7 Å². The maximum Gasteiger partial charge on any atom is 0.325 e. The van der Waals surface area contributed by atoms with Gasteiger partial charge in [-0.3, -0.25) is 9.69 Å². The Bertz CT molecular complexity index is 274. The van der Waals surface area contributed by atoms with Crippen molar-refractivity contribution in [3.05, 3.63) is 0 Å². The zero-order valence-electron chi connectivity index (χ0n) is 7.88. The first-order valence-corrected chi connectivity index (χ1v) is 6.02. The van der Waals surface area contributed by atoms with Crippen molar-refractivity contribution >= 4 is 27.9 Å². The van der Waals surface area contributed by atoms with Gasteiger partial charge in [-0.15, -0.1) is 0 Å². The number of carbonyl (C=O) groups is 2. The summed E-state index contributed by atoms with van der Waals surface area (Å²) < 4.78 is 0. The summed E-state index contributed by atoms with van der Waals surface area (Å²) in [6.45, 7) is 0.465. The number of carbonyl (C=O) groups excluding carboxylic acids is 2. The van der Waals surface area contributed by atoms with Crippen molar-refractivity contribution in [2.24, 2.45) is 0 Å². The number of hydrogen-bond acceptors (Lipinski definition) is 2. The predicted molar refractivity (Wildman–Crippen MR) is 55.2 cm³/mol. The molecule has 0 aromatic rings. The van der Waals surface area contributed by atoms with Gasteiger partial charge in [-0.2, -0.15) is 0 Å². The molecule has 1 saturated carbocycles. The fourth-order valence-electron chi connectivity index (χ4n) is 2.28. The summed E-state index contributed by atoms with van der Waals surface area (Å²) in [5.41, 5.74) is -0.542. The highest BCUT2D eigenvalue weighted by Gasteiger charge is 2.51.